The number of nitriles is 2. The van der Waals surface area contributed by atoms with Gasteiger partial charge in [-0.15, -0.1) is 0 Å². The van der Waals surface area contributed by atoms with Crippen molar-refractivity contribution in [3.8, 4) is 12.1 Å². The zero-order valence-corrected chi connectivity index (χ0v) is 10.3. The molecule has 0 bridgehead atoms. The summed E-state index contributed by atoms with van der Waals surface area (Å²) in [4.78, 5) is 13.2. The third-order valence-electron chi connectivity index (χ3n) is 2.87. The molecule has 6 nitrogen and oxygen atoms in total. The lowest BCUT2D eigenvalue weighted by molar-refractivity contribution is -0.116. The number of rotatable bonds is 2. The summed E-state index contributed by atoms with van der Waals surface area (Å²) >= 11 is 0. The molecule has 0 saturated carbocycles. The summed E-state index contributed by atoms with van der Waals surface area (Å²) in [6.07, 6.45) is 0.833. The van der Waals surface area contributed by atoms with Crippen molar-refractivity contribution in [2.75, 3.05) is 16.9 Å². The Morgan fingerprint density at radius 1 is 1.42 bits per heavy atom. The Balaban J connectivity index is 2.25. The third kappa shape index (κ3) is 2.53. The van der Waals surface area contributed by atoms with E-state index in [9.17, 15) is 4.79 Å². The minimum Gasteiger partial charge on any atom is -0.312 e. The first-order valence-electron chi connectivity index (χ1n) is 5.70. The summed E-state index contributed by atoms with van der Waals surface area (Å²) in [5.41, 5.74) is 4.98. The van der Waals surface area contributed by atoms with Crippen LogP contribution < -0.4 is 10.3 Å². The van der Waals surface area contributed by atoms with Gasteiger partial charge in [0.15, 0.2) is 0 Å². The molecule has 1 aromatic rings. The first-order valence-corrected chi connectivity index (χ1v) is 5.70. The monoisotopic (exact) mass is 253 g/mol. The fourth-order valence-electron chi connectivity index (χ4n) is 1.97. The van der Waals surface area contributed by atoms with Gasteiger partial charge in [-0.2, -0.15) is 15.6 Å². The number of amides is 1. The van der Waals surface area contributed by atoms with Crippen LogP contribution in [0.15, 0.2) is 23.3 Å². The second kappa shape index (κ2) is 5.19. The van der Waals surface area contributed by atoms with Gasteiger partial charge in [-0.05, 0) is 24.1 Å². The highest BCUT2D eigenvalue weighted by atomic mass is 16.2. The Labute approximate surface area is 110 Å². The number of anilines is 2. The van der Waals surface area contributed by atoms with Crippen molar-refractivity contribution in [3.05, 3.63) is 23.8 Å². The van der Waals surface area contributed by atoms with Crippen LogP contribution >= 0.6 is 0 Å². The Hall–Kier alpha value is -2.86. The van der Waals surface area contributed by atoms with Gasteiger partial charge < -0.3 is 4.90 Å². The molecular weight excluding hydrogens is 242 g/mol. The fraction of sp³-hybridized carbons (Fsp3) is 0.231. The lowest BCUT2D eigenvalue weighted by Gasteiger charge is -2.15. The van der Waals surface area contributed by atoms with Crippen LogP contribution in [0.4, 0.5) is 11.4 Å². The van der Waals surface area contributed by atoms with Gasteiger partial charge in [0.1, 0.15) is 12.1 Å². The topological polar surface area (TPSA) is 92.3 Å². The lowest BCUT2D eigenvalue weighted by atomic mass is 10.1. The number of nitrogens with zero attached hydrogens (tertiary/aromatic N) is 4. The van der Waals surface area contributed by atoms with Gasteiger partial charge in [0.05, 0.1) is 5.69 Å². The number of hydrogen-bond acceptors (Lipinski definition) is 5. The molecule has 0 spiro atoms. The molecule has 1 amide bonds. The minimum atomic E-state index is -0.246. The molecule has 1 heterocycles. The highest BCUT2D eigenvalue weighted by Gasteiger charge is 2.22. The molecule has 0 aromatic heterocycles. The first-order chi connectivity index (χ1) is 9.15. The van der Waals surface area contributed by atoms with Gasteiger partial charge in [-0.1, -0.05) is 6.07 Å². The smallest absolute Gasteiger partial charge is 0.237 e. The van der Waals surface area contributed by atoms with E-state index < -0.39 is 0 Å². The lowest BCUT2D eigenvalue weighted by Crippen LogP contribution is -2.25. The average molecular weight is 253 g/mol. The molecule has 6 heteroatoms. The summed E-state index contributed by atoms with van der Waals surface area (Å²) in [5, 5.41) is 20.8. The Bertz CT molecular complexity index is 619. The van der Waals surface area contributed by atoms with E-state index in [0.717, 1.165) is 17.7 Å². The van der Waals surface area contributed by atoms with E-state index in [1.165, 1.54) is 6.92 Å². The van der Waals surface area contributed by atoms with E-state index in [-0.39, 0.29) is 11.6 Å². The summed E-state index contributed by atoms with van der Waals surface area (Å²) in [5.74, 6) is -0.00543. The number of fused-ring (bicyclic) bond motifs is 1. The van der Waals surface area contributed by atoms with Gasteiger partial charge in [-0.3, -0.25) is 10.2 Å². The van der Waals surface area contributed by atoms with Gasteiger partial charge in [-0.25, -0.2) is 0 Å². The van der Waals surface area contributed by atoms with E-state index in [2.05, 4.69) is 10.5 Å². The maximum Gasteiger partial charge on any atom is 0.237 e. The zero-order valence-electron chi connectivity index (χ0n) is 10.3. The van der Waals surface area contributed by atoms with Crippen molar-refractivity contribution in [1.29, 1.82) is 10.5 Å². The van der Waals surface area contributed by atoms with Crippen LogP contribution in [0.5, 0.6) is 0 Å². The maximum atomic E-state index is 11.5. The molecule has 0 radical (unpaired) electrons. The molecule has 94 valence electrons. The molecule has 0 unspecified atom stereocenters. The quantitative estimate of drug-likeness (QED) is 0.637. The normalized spacial score (nSPS) is 12.1. The molecule has 0 aliphatic carbocycles. The molecule has 1 N–H and O–H groups in total. The van der Waals surface area contributed by atoms with E-state index in [1.54, 1.807) is 29.2 Å². The Kier molecular flexibility index (Phi) is 3.44. The largest absolute Gasteiger partial charge is 0.312 e. The van der Waals surface area contributed by atoms with Crippen LogP contribution in [-0.4, -0.2) is 18.2 Å². The second-order valence-corrected chi connectivity index (χ2v) is 4.06. The van der Waals surface area contributed by atoms with Crippen molar-refractivity contribution < 1.29 is 4.79 Å². The number of benzene rings is 1. The van der Waals surface area contributed by atoms with Crippen LogP contribution in [0.3, 0.4) is 0 Å². The third-order valence-corrected chi connectivity index (χ3v) is 2.87. The summed E-state index contributed by atoms with van der Waals surface area (Å²) in [6.45, 7) is 2.20. The van der Waals surface area contributed by atoms with Crippen molar-refractivity contribution in [1.82, 2.24) is 0 Å². The summed E-state index contributed by atoms with van der Waals surface area (Å²) in [6, 6.07) is 8.83. The molecule has 1 aliphatic rings. The Morgan fingerprint density at radius 3 is 2.79 bits per heavy atom. The molecular formula is C13H11N5O. The van der Waals surface area contributed by atoms with Crippen LogP contribution in [0.2, 0.25) is 0 Å². The van der Waals surface area contributed by atoms with Crippen LogP contribution in [0.1, 0.15) is 12.5 Å². The molecule has 0 saturated heterocycles. The van der Waals surface area contributed by atoms with Crippen molar-refractivity contribution >= 4 is 23.0 Å². The highest BCUT2D eigenvalue weighted by Crippen LogP contribution is 2.30. The van der Waals surface area contributed by atoms with Crippen molar-refractivity contribution in [2.24, 2.45) is 5.10 Å². The van der Waals surface area contributed by atoms with Crippen molar-refractivity contribution in [3.63, 3.8) is 0 Å². The van der Waals surface area contributed by atoms with Crippen molar-refractivity contribution in [2.45, 2.75) is 13.3 Å². The minimum absolute atomic E-state index is 0.00543. The van der Waals surface area contributed by atoms with Gasteiger partial charge in [0.25, 0.3) is 0 Å². The van der Waals surface area contributed by atoms with Gasteiger partial charge in [0, 0.05) is 19.2 Å². The molecule has 2 rings (SSSR count). The first kappa shape index (κ1) is 12.6. The number of carbonyl (C=O) groups excluding carboxylic acids is 1. The molecule has 1 aromatic carbocycles. The SMILES string of the molecule is CC(=O)N1CCc2ccc(NN=C(C#N)C#N)cc21. The summed E-state index contributed by atoms with van der Waals surface area (Å²) < 4.78 is 0. The average Bonchev–Trinajstić information content (AvgIpc) is 2.83. The number of hydrazone groups is 1. The number of hydrogen-bond donors (Lipinski definition) is 1. The van der Waals surface area contributed by atoms with E-state index in [4.69, 9.17) is 10.5 Å². The van der Waals surface area contributed by atoms with Crippen LogP contribution in [-0.2, 0) is 11.2 Å². The highest BCUT2D eigenvalue weighted by molar-refractivity contribution is 6.10. The van der Waals surface area contributed by atoms with Gasteiger partial charge in [0.2, 0.25) is 11.6 Å². The van der Waals surface area contributed by atoms with Gasteiger partial charge >= 0.3 is 0 Å². The molecule has 19 heavy (non-hydrogen) atoms. The molecule has 1 aliphatic heterocycles. The van der Waals surface area contributed by atoms with E-state index in [1.807, 2.05) is 6.07 Å². The standard InChI is InChI=1S/C13H11N5O/c1-9(19)18-5-4-10-2-3-11(6-13(10)18)16-17-12(7-14)8-15/h2-3,6,16H,4-5H2,1H3. The molecule has 0 atom stereocenters. The van der Waals surface area contributed by atoms with E-state index in [0.29, 0.717) is 12.2 Å². The second-order valence-electron chi connectivity index (χ2n) is 4.06. The van der Waals surface area contributed by atoms with Crippen LogP contribution in [0, 0.1) is 22.7 Å². The number of nitrogens with one attached hydrogen (secondary N) is 1. The molecule has 0 fully saturated rings. The zero-order chi connectivity index (χ0) is 13.8. The van der Waals surface area contributed by atoms with Crippen LogP contribution in [0.25, 0.3) is 0 Å². The Morgan fingerprint density at radius 2 is 2.16 bits per heavy atom. The number of carbonyl (C=O) groups is 1. The maximum absolute atomic E-state index is 11.5. The predicted octanol–water partition coefficient (Wildman–Crippen LogP) is 1.41. The summed E-state index contributed by atoms with van der Waals surface area (Å²) in [7, 11) is 0. The van der Waals surface area contributed by atoms with E-state index >= 15 is 0 Å². The fourth-order valence-corrected chi connectivity index (χ4v) is 1.97. The predicted molar refractivity (Wildman–Crippen MR) is 70.5 cm³/mol.